The van der Waals surface area contributed by atoms with E-state index in [9.17, 15) is 0 Å². The van der Waals surface area contributed by atoms with Gasteiger partial charge >= 0.3 is 0 Å². The zero-order chi connectivity index (χ0) is 11.5. The Morgan fingerprint density at radius 2 is 2.00 bits per heavy atom. The maximum atomic E-state index is 5.69. The maximum Gasteiger partial charge on any atom is 0.194 e. The van der Waals surface area contributed by atoms with E-state index in [0.29, 0.717) is 19.4 Å². The highest BCUT2D eigenvalue weighted by molar-refractivity contribution is 8.10. The highest BCUT2D eigenvalue weighted by atomic mass is 32.5. The van der Waals surface area contributed by atoms with Gasteiger partial charge in [0.15, 0.2) is 6.49 Å². The molecule has 1 heterocycles. The average molecular weight is 250 g/mol. The van der Waals surface area contributed by atoms with Gasteiger partial charge in [-0.2, -0.15) is 5.10 Å². The molecule has 0 radical (unpaired) electrons. The second-order valence-corrected chi connectivity index (χ2v) is 8.27. The van der Waals surface area contributed by atoms with Gasteiger partial charge in [-0.25, -0.2) is 0 Å². The molecule has 0 aromatic heterocycles. The Hall–Kier alpha value is 0.0400. The molecule has 1 aliphatic rings. The Labute approximate surface area is 96.6 Å². The lowest BCUT2D eigenvalue weighted by Gasteiger charge is -2.36. The molecule has 0 spiro atoms. The van der Waals surface area contributed by atoms with E-state index in [4.69, 9.17) is 20.9 Å². The van der Waals surface area contributed by atoms with E-state index < -0.39 is 6.49 Å². The van der Waals surface area contributed by atoms with Crippen LogP contribution < -0.4 is 5.43 Å². The third kappa shape index (κ3) is 4.19. The van der Waals surface area contributed by atoms with E-state index in [0.717, 1.165) is 5.71 Å². The van der Waals surface area contributed by atoms with Crippen LogP contribution in [-0.2, 0) is 20.9 Å². The molecule has 0 amide bonds. The van der Waals surface area contributed by atoms with Crippen LogP contribution in [0.4, 0.5) is 0 Å². The van der Waals surface area contributed by atoms with Crippen molar-refractivity contribution in [1.29, 1.82) is 0 Å². The number of nitrogens with one attached hydrogen (secondary N) is 1. The Bertz CT molecular complexity index is 290. The van der Waals surface area contributed by atoms with Gasteiger partial charge in [-0.05, 0) is 18.7 Å². The molecule has 0 atom stereocenters. The SMILES string of the molecule is CN/N=C(\C)CP1(=S)OCC(C)(C)CO1. The van der Waals surface area contributed by atoms with Gasteiger partial charge in [0, 0.05) is 18.2 Å². The minimum atomic E-state index is -2.12. The lowest BCUT2D eigenvalue weighted by atomic mass is 9.97. The Kier molecular flexibility index (Phi) is 4.29. The van der Waals surface area contributed by atoms with Crippen molar-refractivity contribution in [2.45, 2.75) is 20.8 Å². The van der Waals surface area contributed by atoms with Gasteiger partial charge in [-0.3, -0.25) is 0 Å². The van der Waals surface area contributed by atoms with Crippen LogP contribution in [0.2, 0.25) is 0 Å². The minimum Gasteiger partial charge on any atom is -0.328 e. The molecule has 0 aromatic rings. The van der Waals surface area contributed by atoms with Crippen LogP contribution in [-0.4, -0.2) is 32.1 Å². The van der Waals surface area contributed by atoms with Crippen LogP contribution in [0.1, 0.15) is 20.8 Å². The van der Waals surface area contributed by atoms with Gasteiger partial charge in [0.25, 0.3) is 0 Å². The van der Waals surface area contributed by atoms with Gasteiger partial charge < -0.3 is 14.5 Å². The number of hydrazone groups is 1. The summed E-state index contributed by atoms with van der Waals surface area (Å²) in [5.74, 6) is 0. The predicted octanol–water partition coefficient (Wildman–Crippen LogP) is 1.96. The molecule has 4 nitrogen and oxygen atoms in total. The third-order valence-corrected chi connectivity index (χ3v) is 4.94. The molecule has 0 unspecified atom stereocenters. The third-order valence-electron chi connectivity index (χ3n) is 2.03. The monoisotopic (exact) mass is 250 g/mol. The molecule has 0 aliphatic carbocycles. The number of nitrogens with zero attached hydrogens (tertiary/aromatic N) is 1. The maximum absolute atomic E-state index is 5.69. The summed E-state index contributed by atoms with van der Waals surface area (Å²) in [6, 6.07) is 0. The molecule has 1 fully saturated rings. The van der Waals surface area contributed by atoms with Crippen molar-refractivity contribution in [2.75, 3.05) is 26.4 Å². The van der Waals surface area contributed by atoms with Crippen molar-refractivity contribution in [3.63, 3.8) is 0 Å². The largest absolute Gasteiger partial charge is 0.328 e. The van der Waals surface area contributed by atoms with Gasteiger partial charge in [0.05, 0.1) is 19.4 Å². The summed E-state index contributed by atoms with van der Waals surface area (Å²) in [4.78, 5) is 0. The van der Waals surface area contributed by atoms with Crippen LogP contribution in [0, 0.1) is 5.41 Å². The number of rotatable bonds is 3. The van der Waals surface area contributed by atoms with E-state index in [1.54, 1.807) is 7.05 Å². The summed E-state index contributed by atoms with van der Waals surface area (Å²) in [5, 5.41) is 4.07. The van der Waals surface area contributed by atoms with E-state index in [2.05, 4.69) is 24.4 Å². The summed E-state index contributed by atoms with van der Waals surface area (Å²) < 4.78 is 11.4. The van der Waals surface area contributed by atoms with Gasteiger partial charge in [0.1, 0.15) is 0 Å². The smallest absolute Gasteiger partial charge is 0.194 e. The van der Waals surface area contributed by atoms with Crippen molar-refractivity contribution < 1.29 is 9.05 Å². The first-order valence-electron chi connectivity index (χ1n) is 4.95. The van der Waals surface area contributed by atoms with Crippen molar-refractivity contribution >= 4 is 24.0 Å². The second-order valence-electron chi connectivity index (χ2n) is 4.55. The first-order chi connectivity index (χ1) is 6.87. The van der Waals surface area contributed by atoms with Crippen molar-refractivity contribution in [3.8, 4) is 0 Å². The van der Waals surface area contributed by atoms with E-state index >= 15 is 0 Å². The van der Waals surface area contributed by atoms with E-state index in [1.807, 2.05) is 6.92 Å². The van der Waals surface area contributed by atoms with Crippen molar-refractivity contribution in [3.05, 3.63) is 0 Å². The standard InChI is InChI=1S/C9H19N2O2PS/c1-8(11-10-4)5-14(15)12-6-9(2,3)7-13-14/h10H,5-7H2,1-4H3/b11-8+. The molecule has 6 heteroatoms. The van der Waals surface area contributed by atoms with Crippen LogP contribution >= 0.6 is 6.49 Å². The Morgan fingerprint density at radius 1 is 1.47 bits per heavy atom. The highest BCUT2D eigenvalue weighted by Crippen LogP contribution is 2.53. The summed E-state index contributed by atoms with van der Waals surface area (Å²) in [6.45, 7) is 5.39. The molecule has 15 heavy (non-hydrogen) atoms. The Morgan fingerprint density at radius 3 is 2.47 bits per heavy atom. The van der Waals surface area contributed by atoms with Gasteiger partial charge in [-0.15, -0.1) is 0 Å². The molecule has 1 N–H and O–H groups in total. The fourth-order valence-corrected chi connectivity index (χ4v) is 4.08. The van der Waals surface area contributed by atoms with Gasteiger partial charge in [-0.1, -0.05) is 13.8 Å². The predicted molar refractivity (Wildman–Crippen MR) is 67.0 cm³/mol. The number of hydrogen-bond acceptors (Lipinski definition) is 5. The highest BCUT2D eigenvalue weighted by Gasteiger charge is 2.33. The fraction of sp³-hybridized carbons (Fsp3) is 0.889. The van der Waals surface area contributed by atoms with Gasteiger partial charge in [0.2, 0.25) is 0 Å². The number of hydrogen-bond donors (Lipinski definition) is 1. The first kappa shape index (κ1) is 13.1. The lowest BCUT2D eigenvalue weighted by molar-refractivity contribution is 0.0613. The van der Waals surface area contributed by atoms with Crippen LogP contribution in [0.15, 0.2) is 5.10 Å². The molecule has 1 rings (SSSR count). The average Bonchev–Trinajstić information content (AvgIpc) is 2.12. The molecular weight excluding hydrogens is 231 g/mol. The zero-order valence-corrected chi connectivity index (χ0v) is 11.5. The Balaban J connectivity index is 2.56. The van der Waals surface area contributed by atoms with Crippen LogP contribution in [0.5, 0.6) is 0 Å². The summed E-state index contributed by atoms with van der Waals surface area (Å²) >= 11 is 5.40. The topological polar surface area (TPSA) is 42.9 Å². The molecule has 0 saturated carbocycles. The van der Waals surface area contributed by atoms with Crippen LogP contribution in [0.25, 0.3) is 0 Å². The lowest BCUT2D eigenvalue weighted by Crippen LogP contribution is -2.30. The summed E-state index contributed by atoms with van der Waals surface area (Å²) in [7, 11) is 1.77. The first-order valence-corrected chi connectivity index (χ1v) is 7.77. The normalized spacial score (nSPS) is 24.9. The zero-order valence-electron chi connectivity index (χ0n) is 9.74. The summed E-state index contributed by atoms with van der Waals surface area (Å²) in [5.41, 5.74) is 3.75. The molecule has 0 bridgehead atoms. The van der Waals surface area contributed by atoms with E-state index in [1.165, 1.54) is 0 Å². The molecule has 88 valence electrons. The summed E-state index contributed by atoms with van der Waals surface area (Å²) in [6.07, 6.45) is 0.624. The molecule has 1 aliphatic heterocycles. The second kappa shape index (κ2) is 4.91. The molecule has 0 aromatic carbocycles. The minimum absolute atomic E-state index is 0.0797. The molecular formula is C9H19N2O2PS. The van der Waals surface area contributed by atoms with Crippen molar-refractivity contribution in [1.82, 2.24) is 5.43 Å². The quantitative estimate of drug-likeness (QED) is 0.472. The van der Waals surface area contributed by atoms with Crippen molar-refractivity contribution in [2.24, 2.45) is 10.5 Å². The molecule has 1 saturated heterocycles. The fourth-order valence-electron chi connectivity index (χ4n) is 1.22. The van der Waals surface area contributed by atoms with E-state index in [-0.39, 0.29) is 5.41 Å². The van der Waals surface area contributed by atoms with Crippen LogP contribution in [0.3, 0.4) is 0 Å².